The Balaban J connectivity index is 2.03. The van der Waals surface area contributed by atoms with Gasteiger partial charge in [0.1, 0.15) is 5.82 Å². The number of carbonyl (C=O) groups excluding carboxylic acids is 2. The van der Waals surface area contributed by atoms with Crippen LogP contribution < -0.4 is 16.0 Å². The lowest BCUT2D eigenvalue weighted by molar-refractivity contribution is -0.125. The Morgan fingerprint density at radius 1 is 0.929 bits per heavy atom. The van der Waals surface area contributed by atoms with Gasteiger partial charge in [-0.3, -0.25) is 14.9 Å². The Kier molecular flexibility index (Phi) is 8.62. The molecule has 0 saturated carbocycles. The van der Waals surface area contributed by atoms with Crippen LogP contribution >= 0.6 is 0 Å². The van der Waals surface area contributed by atoms with E-state index in [-0.39, 0.29) is 36.8 Å². The van der Waals surface area contributed by atoms with E-state index in [0.29, 0.717) is 6.54 Å². The van der Waals surface area contributed by atoms with Gasteiger partial charge < -0.3 is 10.6 Å². The van der Waals surface area contributed by atoms with Crippen molar-refractivity contribution < 1.29 is 14.0 Å². The number of nitrogens with one attached hydrogen (secondary N) is 3. The van der Waals surface area contributed by atoms with Crippen LogP contribution in [0.25, 0.3) is 0 Å². The van der Waals surface area contributed by atoms with E-state index >= 15 is 0 Å². The highest BCUT2D eigenvalue weighted by Crippen LogP contribution is 2.23. The molecule has 0 bridgehead atoms. The number of rotatable bonds is 10. The van der Waals surface area contributed by atoms with Gasteiger partial charge in [0.25, 0.3) is 0 Å². The summed E-state index contributed by atoms with van der Waals surface area (Å²) < 4.78 is 13.7. The monoisotopic (exact) mass is 385 g/mol. The maximum absolute atomic E-state index is 13.7. The normalized spacial score (nSPS) is 11.7. The number of hydrogen-bond donors (Lipinski definition) is 3. The van der Waals surface area contributed by atoms with Gasteiger partial charge in [-0.15, -0.1) is 0 Å². The van der Waals surface area contributed by atoms with Gasteiger partial charge in [0.05, 0.1) is 19.1 Å². The van der Waals surface area contributed by atoms with Crippen LogP contribution in [0.2, 0.25) is 0 Å². The van der Waals surface area contributed by atoms with E-state index in [4.69, 9.17) is 0 Å². The molecule has 3 N–H and O–H groups in total. The largest absolute Gasteiger partial charge is 0.355 e. The van der Waals surface area contributed by atoms with E-state index < -0.39 is 0 Å². The third-order valence-corrected chi connectivity index (χ3v) is 4.39. The second kappa shape index (κ2) is 11.2. The maximum Gasteiger partial charge on any atom is 0.239 e. The smallest absolute Gasteiger partial charge is 0.239 e. The first-order chi connectivity index (χ1) is 13.5. The highest BCUT2D eigenvalue weighted by molar-refractivity contribution is 5.85. The van der Waals surface area contributed by atoms with Crippen LogP contribution in [0.1, 0.15) is 43.0 Å². The van der Waals surface area contributed by atoms with Gasteiger partial charge in [-0.25, -0.2) is 4.39 Å². The molecule has 0 aliphatic carbocycles. The first kappa shape index (κ1) is 21.6. The third kappa shape index (κ3) is 6.78. The molecule has 0 radical (unpaired) electrons. The minimum Gasteiger partial charge on any atom is -0.355 e. The number of benzene rings is 2. The maximum atomic E-state index is 13.7. The first-order valence-electron chi connectivity index (χ1n) is 9.64. The number of hydrogen-bond acceptors (Lipinski definition) is 3. The van der Waals surface area contributed by atoms with Crippen LogP contribution in [0.15, 0.2) is 48.5 Å². The Labute approximate surface area is 165 Å². The molecule has 0 aromatic heterocycles. The zero-order chi connectivity index (χ0) is 20.4. The second-order valence-corrected chi connectivity index (χ2v) is 6.59. The molecule has 0 unspecified atom stereocenters. The van der Waals surface area contributed by atoms with Gasteiger partial charge in [-0.2, -0.15) is 0 Å². The van der Waals surface area contributed by atoms with Crippen molar-refractivity contribution in [1.82, 2.24) is 16.0 Å². The molecule has 0 aliphatic rings. The van der Waals surface area contributed by atoms with Gasteiger partial charge in [0, 0.05) is 6.54 Å². The van der Waals surface area contributed by atoms with Gasteiger partial charge >= 0.3 is 0 Å². The molecule has 0 spiro atoms. The van der Waals surface area contributed by atoms with Crippen molar-refractivity contribution in [3.05, 3.63) is 71.0 Å². The van der Waals surface area contributed by atoms with Crippen molar-refractivity contribution in [2.45, 2.75) is 32.7 Å². The fraction of sp³-hybridized carbons (Fsp3) is 0.364. The summed E-state index contributed by atoms with van der Waals surface area (Å²) in [5, 5.41) is 8.47. The summed E-state index contributed by atoms with van der Waals surface area (Å²) in [5.41, 5.74) is 2.88. The highest BCUT2D eigenvalue weighted by atomic mass is 19.1. The van der Waals surface area contributed by atoms with Gasteiger partial charge in [0.15, 0.2) is 0 Å². The average molecular weight is 385 g/mol. The van der Waals surface area contributed by atoms with Crippen LogP contribution in [-0.4, -0.2) is 31.4 Å². The minimum atomic E-state index is -0.332. The molecule has 0 saturated heterocycles. The fourth-order valence-electron chi connectivity index (χ4n) is 2.82. The molecule has 28 heavy (non-hydrogen) atoms. The van der Waals surface area contributed by atoms with E-state index in [1.165, 1.54) is 17.7 Å². The van der Waals surface area contributed by atoms with Crippen molar-refractivity contribution >= 4 is 11.8 Å². The summed E-state index contributed by atoms with van der Waals surface area (Å²) in [7, 11) is 0. The third-order valence-electron chi connectivity index (χ3n) is 4.39. The lowest BCUT2D eigenvalue weighted by Gasteiger charge is -2.20. The standard InChI is InChI=1S/C22H28FN3O2/c1-3-12-24-20(27)14-25-21(28)15-26-22(18-6-5-7-19(23)13-18)17-10-8-16(4-2)9-11-17/h5-11,13,22,26H,3-4,12,14-15H2,1-2H3,(H,24,27)(H,25,28)/t22-/m0/s1. The van der Waals surface area contributed by atoms with Crippen molar-refractivity contribution in [1.29, 1.82) is 0 Å². The molecule has 2 aromatic carbocycles. The Morgan fingerprint density at radius 2 is 1.64 bits per heavy atom. The predicted octanol–water partition coefficient (Wildman–Crippen LogP) is 2.71. The fourth-order valence-corrected chi connectivity index (χ4v) is 2.82. The highest BCUT2D eigenvalue weighted by Gasteiger charge is 2.16. The molecule has 6 heteroatoms. The molecule has 2 aromatic rings. The molecule has 150 valence electrons. The number of aryl methyl sites for hydroxylation is 1. The second-order valence-electron chi connectivity index (χ2n) is 6.59. The van der Waals surface area contributed by atoms with Crippen LogP contribution in [0.5, 0.6) is 0 Å². The summed E-state index contributed by atoms with van der Waals surface area (Å²) in [5.74, 6) is -0.836. The SMILES string of the molecule is CCCNC(=O)CNC(=O)CN[C@@H](c1ccc(CC)cc1)c1cccc(F)c1. The summed E-state index contributed by atoms with van der Waals surface area (Å²) in [6, 6.07) is 14.0. The Morgan fingerprint density at radius 3 is 2.29 bits per heavy atom. The molecule has 2 amide bonds. The minimum absolute atomic E-state index is 0.0117. The summed E-state index contributed by atoms with van der Waals surface area (Å²) in [4.78, 5) is 23.7. The first-order valence-corrected chi connectivity index (χ1v) is 9.64. The number of halogens is 1. The predicted molar refractivity (Wildman–Crippen MR) is 108 cm³/mol. The molecule has 0 fully saturated rings. The molecule has 0 aliphatic heterocycles. The molecule has 2 rings (SSSR count). The zero-order valence-corrected chi connectivity index (χ0v) is 16.4. The lowest BCUT2D eigenvalue weighted by Crippen LogP contribution is -2.41. The van der Waals surface area contributed by atoms with Crippen molar-refractivity contribution in [2.75, 3.05) is 19.6 Å². The van der Waals surface area contributed by atoms with Gasteiger partial charge in [-0.1, -0.05) is 50.2 Å². The van der Waals surface area contributed by atoms with Gasteiger partial charge in [0.2, 0.25) is 11.8 Å². The number of amides is 2. The summed E-state index contributed by atoms with van der Waals surface area (Å²) in [6.45, 7) is 4.58. The number of carbonyl (C=O) groups is 2. The van der Waals surface area contributed by atoms with E-state index in [0.717, 1.165) is 24.0 Å². The van der Waals surface area contributed by atoms with Crippen LogP contribution in [0.4, 0.5) is 4.39 Å². The zero-order valence-electron chi connectivity index (χ0n) is 16.4. The average Bonchev–Trinajstić information content (AvgIpc) is 2.71. The van der Waals surface area contributed by atoms with E-state index in [1.807, 2.05) is 37.3 Å². The molecule has 5 nitrogen and oxygen atoms in total. The van der Waals surface area contributed by atoms with Crippen molar-refractivity contribution in [3.8, 4) is 0 Å². The lowest BCUT2D eigenvalue weighted by atomic mass is 9.97. The van der Waals surface area contributed by atoms with Crippen molar-refractivity contribution in [3.63, 3.8) is 0 Å². The molecule has 1 atom stereocenters. The van der Waals surface area contributed by atoms with Crippen LogP contribution in [-0.2, 0) is 16.0 Å². The van der Waals surface area contributed by atoms with Crippen LogP contribution in [0, 0.1) is 5.82 Å². The quantitative estimate of drug-likeness (QED) is 0.589. The van der Waals surface area contributed by atoms with E-state index in [1.54, 1.807) is 6.07 Å². The van der Waals surface area contributed by atoms with Crippen LogP contribution in [0.3, 0.4) is 0 Å². The van der Waals surface area contributed by atoms with Crippen molar-refractivity contribution in [2.24, 2.45) is 0 Å². The Bertz CT molecular complexity index is 778. The van der Waals surface area contributed by atoms with E-state index in [2.05, 4.69) is 22.9 Å². The summed E-state index contributed by atoms with van der Waals surface area (Å²) >= 11 is 0. The molecule has 0 heterocycles. The Hall–Kier alpha value is -2.73. The van der Waals surface area contributed by atoms with Gasteiger partial charge in [-0.05, 0) is 41.7 Å². The van der Waals surface area contributed by atoms with E-state index in [9.17, 15) is 14.0 Å². The topological polar surface area (TPSA) is 70.2 Å². The molecular weight excluding hydrogens is 357 g/mol. The molecular formula is C22H28FN3O2. The summed E-state index contributed by atoms with van der Waals surface area (Å²) in [6.07, 6.45) is 1.77.